The monoisotopic (exact) mass is 614 g/mol. The van der Waals surface area contributed by atoms with Crippen LogP contribution in [0.15, 0.2) is 42.6 Å². The number of piperidine rings is 2. The second kappa shape index (κ2) is 11.3. The van der Waals surface area contributed by atoms with Crippen molar-refractivity contribution in [3.05, 3.63) is 48.4 Å². The highest BCUT2D eigenvalue weighted by molar-refractivity contribution is 6.00. The maximum Gasteiger partial charge on any atom is 0.410 e. The molecule has 0 spiro atoms. The molecule has 4 aromatic rings. The van der Waals surface area contributed by atoms with Gasteiger partial charge in [-0.25, -0.2) is 9.18 Å². The van der Waals surface area contributed by atoms with Crippen LogP contribution in [0.25, 0.3) is 32.9 Å². The zero-order valence-corrected chi connectivity index (χ0v) is 26.2. The largest absolute Gasteiger partial charge is 0.508 e. The molecule has 236 valence electrons. The Morgan fingerprint density at radius 2 is 1.87 bits per heavy atom. The number of halogens is 1. The topological polar surface area (TPSA) is 104 Å². The van der Waals surface area contributed by atoms with E-state index in [2.05, 4.69) is 26.8 Å². The average molecular weight is 615 g/mol. The summed E-state index contributed by atoms with van der Waals surface area (Å²) in [5.74, 6) is -0.0312. The van der Waals surface area contributed by atoms with E-state index in [1.807, 2.05) is 49.9 Å². The molecule has 45 heavy (non-hydrogen) atoms. The minimum Gasteiger partial charge on any atom is -0.508 e. The van der Waals surface area contributed by atoms with Crippen LogP contribution in [0.2, 0.25) is 0 Å². The number of fused-ring (bicyclic) bond motifs is 5. The smallest absolute Gasteiger partial charge is 0.410 e. The number of carbonyl (C=O) groups excluding carboxylic acids is 1. The molecule has 2 aromatic carbocycles. The van der Waals surface area contributed by atoms with Crippen LogP contribution in [0.3, 0.4) is 0 Å². The first-order chi connectivity index (χ1) is 21.6. The number of hydrogen-bond acceptors (Lipinski definition) is 9. The lowest BCUT2D eigenvalue weighted by Gasteiger charge is -2.51. The number of ether oxygens (including phenoxy) is 2. The highest BCUT2D eigenvalue weighted by Crippen LogP contribution is 2.40. The van der Waals surface area contributed by atoms with Crippen molar-refractivity contribution in [2.45, 2.75) is 70.2 Å². The molecule has 4 saturated heterocycles. The molecule has 6 heterocycles. The van der Waals surface area contributed by atoms with Crippen molar-refractivity contribution in [2.75, 3.05) is 38.2 Å². The Kier molecular flexibility index (Phi) is 7.38. The van der Waals surface area contributed by atoms with Gasteiger partial charge in [-0.2, -0.15) is 9.97 Å². The van der Waals surface area contributed by atoms with Gasteiger partial charge in [-0.05, 0) is 83.0 Å². The number of aromatic hydroxyl groups is 1. The molecule has 1 amide bonds. The minimum absolute atomic E-state index is 0.0250. The molecular weight excluding hydrogens is 575 g/mol. The molecule has 2 bridgehead atoms. The van der Waals surface area contributed by atoms with Crippen LogP contribution in [0.1, 0.15) is 46.5 Å². The van der Waals surface area contributed by atoms with E-state index in [9.17, 15) is 9.90 Å². The lowest BCUT2D eigenvalue weighted by atomic mass is 9.91. The quantitative estimate of drug-likeness (QED) is 0.301. The first-order valence-corrected chi connectivity index (χ1v) is 15.7. The summed E-state index contributed by atoms with van der Waals surface area (Å²) in [7, 11) is 2.08. The maximum atomic E-state index is 16.7. The van der Waals surface area contributed by atoms with Crippen molar-refractivity contribution in [1.29, 1.82) is 0 Å². The van der Waals surface area contributed by atoms with Crippen LogP contribution in [-0.4, -0.2) is 93.0 Å². The van der Waals surface area contributed by atoms with Gasteiger partial charge < -0.3 is 29.3 Å². The van der Waals surface area contributed by atoms with E-state index >= 15 is 4.39 Å². The Morgan fingerprint density at radius 3 is 2.60 bits per heavy atom. The number of amides is 1. The Hall–Kier alpha value is -4.25. The summed E-state index contributed by atoms with van der Waals surface area (Å²) in [6, 6.07) is 10.9. The average Bonchev–Trinajstić information content (AvgIpc) is 3.43. The number of piperazine rings is 1. The molecule has 8 rings (SSSR count). The van der Waals surface area contributed by atoms with Crippen LogP contribution in [-0.2, 0) is 4.74 Å². The Labute approximate surface area is 261 Å². The van der Waals surface area contributed by atoms with Crippen molar-refractivity contribution in [3.63, 3.8) is 0 Å². The molecule has 3 atom stereocenters. The standard InChI is InChI=1S/C34H39FN6O4/c1-34(2,3)45-33(43)41-18-21-11-12-22(41)17-40(21)31-27-16-36-29(26-15-24(42)14-20-8-5-6-10-25(20)26)28(35)30(27)37-32(38-31)44-19-23-9-7-13-39(23)4/h5-6,8,10,14-16,21-23,42H,7,9,11-13,17-19H2,1-4H3/t21?,22?,23-/m0/s1. The second-order valence-corrected chi connectivity index (χ2v) is 13.5. The molecule has 11 heteroatoms. The zero-order chi connectivity index (χ0) is 31.5. The molecule has 0 radical (unpaired) electrons. The van der Waals surface area contributed by atoms with Crippen LogP contribution in [0.5, 0.6) is 11.8 Å². The molecule has 10 nitrogen and oxygen atoms in total. The van der Waals surface area contributed by atoms with E-state index in [1.165, 1.54) is 6.07 Å². The van der Waals surface area contributed by atoms with E-state index in [4.69, 9.17) is 14.5 Å². The number of anilines is 1. The van der Waals surface area contributed by atoms with Crippen molar-refractivity contribution in [3.8, 4) is 23.0 Å². The van der Waals surface area contributed by atoms with Crippen molar-refractivity contribution < 1.29 is 23.8 Å². The molecule has 4 aliphatic rings. The molecule has 4 fully saturated rings. The van der Waals surface area contributed by atoms with E-state index in [0.717, 1.165) is 43.0 Å². The van der Waals surface area contributed by atoms with Crippen molar-refractivity contribution in [2.24, 2.45) is 0 Å². The van der Waals surface area contributed by atoms with Gasteiger partial charge in [0.15, 0.2) is 5.82 Å². The van der Waals surface area contributed by atoms with E-state index < -0.39 is 11.4 Å². The normalized spacial score (nSPS) is 22.0. The molecule has 1 N–H and O–H groups in total. The summed E-state index contributed by atoms with van der Waals surface area (Å²) in [6.07, 6.45) is 5.12. The highest BCUT2D eigenvalue weighted by atomic mass is 19.1. The SMILES string of the molecule is CN1CCC[C@H]1COc1nc(N2CC3CCC2CN3C(=O)OC(C)(C)C)c2cnc(-c3cc(O)cc4ccccc34)c(F)c2n1. The summed E-state index contributed by atoms with van der Waals surface area (Å²) < 4.78 is 28.6. The molecular formula is C34H39FN6O4. The van der Waals surface area contributed by atoms with Crippen LogP contribution < -0.4 is 9.64 Å². The van der Waals surface area contributed by atoms with Crippen LogP contribution in [0, 0.1) is 5.82 Å². The fourth-order valence-corrected chi connectivity index (χ4v) is 6.98. The molecule has 4 aliphatic heterocycles. The first kappa shape index (κ1) is 29.5. The summed E-state index contributed by atoms with van der Waals surface area (Å²) in [6.45, 7) is 8.02. The molecule has 2 unspecified atom stereocenters. The number of nitrogens with zero attached hydrogens (tertiary/aromatic N) is 6. The van der Waals surface area contributed by atoms with E-state index in [-0.39, 0.29) is 47.2 Å². The third-order valence-corrected chi connectivity index (χ3v) is 9.25. The maximum absolute atomic E-state index is 16.7. The lowest BCUT2D eigenvalue weighted by Crippen LogP contribution is -2.64. The zero-order valence-electron chi connectivity index (χ0n) is 26.2. The number of hydrogen-bond donors (Lipinski definition) is 1. The van der Waals surface area contributed by atoms with E-state index in [0.29, 0.717) is 36.5 Å². The Morgan fingerprint density at radius 1 is 1.07 bits per heavy atom. The fourth-order valence-electron chi connectivity index (χ4n) is 6.98. The number of carbonyl (C=O) groups is 1. The van der Waals surface area contributed by atoms with Gasteiger partial charge in [0, 0.05) is 36.9 Å². The summed E-state index contributed by atoms with van der Waals surface area (Å²) in [4.78, 5) is 33.3. The number of phenols is 1. The van der Waals surface area contributed by atoms with Gasteiger partial charge in [-0.1, -0.05) is 24.3 Å². The predicted octanol–water partition coefficient (Wildman–Crippen LogP) is 5.75. The third kappa shape index (κ3) is 5.58. The number of benzene rings is 2. The van der Waals surface area contributed by atoms with E-state index in [1.54, 1.807) is 12.3 Å². The molecule has 0 saturated carbocycles. The highest BCUT2D eigenvalue weighted by Gasteiger charge is 2.44. The van der Waals surface area contributed by atoms with Gasteiger partial charge in [0.1, 0.15) is 35.0 Å². The summed E-state index contributed by atoms with van der Waals surface area (Å²) >= 11 is 0. The van der Waals surface area contributed by atoms with Gasteiger partial charge >= 0.3 is 12.1 Å². The number of phenolic OH excluding ortho intramolecular Hbond substituents is 1. The second-order valence-electron chi connectivity index (χ2n) is 13.5. The minimum atomic E-state index is -0.604. The fraction of sp³-hybridized carbons (Fsp3) is 0.471. The van der Waals surface area contributed by atoms with Crippen molar-refractivity contribution in [1.82, 2.24) is 24.8 Å². The summed E-state index contributed by atoms with van der Waals surface area (Å²) in [5, 5.41) is 12.5. The summed E-state index contributed by atoms with van der Waals surface area (Å²) in [5.41, 5.74) is 0.0948. The Balaban J connectivity index is 1.30. The van der Waals surface area contributed by atoms with Gasteiger partial charge in [0.2, 0.25) is 0 Å². The van der Waals surface area contributed by atoms with Gasteiger partial charge in [-0.15, -0.1) is 0 Å². The number of rotatable bonds is 5. The van der Waals surface area contributed by atoms with Crippen molar-refractivity contribution >= 4 is 33.6 Å². The number of likely N-dealkylation sites (tertiary alicyclic amines) is 1. The van der Waals surface area contributed by atoms with Gasteiger partial charge in [0.05, 0.1) is 11.4 Å². The number of likely N-dealkylation sites (N-methyl/N-ethyl adjacent to an activating group) is 1. The molecule has 0 aliphatic carbocycles. The van der Waals surface area contributed by atoms with Gasteiger partial charge in [0.25, 0.3) is 0 Å². The number of pyridine rings is 1. The van der Waals surface area contributed by atoms with Gasteiger partial charge in [-0.3, -0.25) is 4.98 Å². The lowest BCUT2D eigenvalue weighted by molar-refractivity contribution is 0.000794. The Bertz CT molecular complexity index is 1780. The van der Waals surface area contributed by atoms with Crippen LogP contribution in [0.4, 0.5) is 15.0 Å². The first-order valence-electron chi connectivity index (χ1n) is 15.7. The van der Waals surface area contributed by atoms with Crippen LogP contribution >= 0.6 is 0 Å². The predicted molar refractivity (Wildman–Crippen MR) is 170 cm³/mol. The molecule has 2 aromatic heterocycles. The number of aromatic nitrogens is 3. The third-order valence-electron chi connectivity index (χ3n) is 9.25.